The molecular weight excluding hydrogens is 263 g/mol. The van der Waals surface area contributed by atoms with Gasteiger partial charge in [-0.3, -0.25) is 9.48 Å². The summed E-state index contributed by atoms with van der Waals surface area (Å²) in [6.07, 6.45) is 3.17. The molecule has 0 amide bonds. The number of halogens is 2. The van der Waals surface area contributed by atoms with Crippen LogP contribution >= 0.6 is 23.2 Å². The van der Waals surface area contributed by atoms with E-state index in [-0.39, 0.29) is 6.54 Å². The Bertz CT molecular complexity index is 566. The summed E-state index contributed by atoms with van der Waals surface area (Å²) in [5, 5.41) is 13.7. The molecule has 0 bridgehead atoms. The summed E-state index contributed by atoms with van der Waals surface area (Å²) in [6, 6.07) is 5.09. The van der Waals surface area contributed by atoms with E-state index in [1.165, 1.54) is 4.68 Å². The number of hydrogen-bond donors (Lipinski definition) is 1. The van der Waals surface area contributed by atoms with Crippen molar-refractivity contribution >= 4 is 29.2 Å². The first-order valence-corrected chi connectivity index (χ1v) is 5.51. The highest BCUT2D eigenvalue weighted by Gasteiger charge is 2.08. The minimum absolute atomic E-state index is 0.182. The SMILES string of the molecule is O=C(O)Cn1cc(-c2cc(Cl)ccc2Cl)cn1. The molecule has 0 saturated heterocycles. The van der Waals surface area contributed by atoms with Crippen LogP contribution in [-0.4, -0.2) is 20.9 Å². The van der Waals surface area contributed by atoms with Crippen molar-refractivity contribution in [3.8, 4) is 11.1 Å². The minimum Gasteiger partial charge on any atom is -0.480 e. The average molecular weight is 271 g/mol. The van der Waals surface area contributed by atoms with Crippen molar-refractivity contribution in [3.05, 3.63) is 40.6 Å². The maximum atomic E-state index is 10.5. The van der Waals surface area contributed by atoms with Crippen LogP contribution in [0.4, 0.5) is 0 Å². The van der Waals surface area contributed by atoms with Crippen molar-refractivity contribution in [2.24, 2.45) is 0 Å². The first kappa shape index (κ1) is 12.0. The zero-order valence-electron chi connectivity index (χ0n) is 8.60. The molecule has 4 nitrogen and oxygen atoms in total. The zero-order valence-corrected chi connectivity index (χ0v) is 10.1. The third-order valence-corrected chi connectivity index (χ3v) is 2.73. The molecule has 0 aliphatic heterocycles. The number of carboxylic acid groups (broad SMARTS) is 1. The normalized spacial score (nSPS) is 10.5. The number of benzene rings is 1. The number of rotatable bonds is 3. The topological polar surface area (TPSA) is 55.1 Å². The molecule has 1 aromatic heterocycles. The first-order chi connectivity index (χ1) is 8.06. The quantitative estimate of drug-likeness (QED) is 0.933. The Kier molecular flexibility index (Phi) is 3.36. The van der Waals surface area contributed by atoms with E-state index in [1.807, 2.05) is 0 Å². The standard InChI is InChI=1S/C11H8Cl2N2O2/c12-8-1-2-10(13)9(3-8)7-4-14-15(5-7)6-11(16)17/h1-5H,6H2,(H,16,17). The van der Waals surface area contributed by atoms with Gasteiger partial charge in [-0.2, -0.15) is 5.10 Å². The summed E-state index contributed by atoms with van der Waals surface area (Å²) in [5.41, 5.74) is 1.47. The van der Waals surface area contributed by atoms with Crippen LogP contribution in [0.1, 0.15) is 0 Å². The molecule has 1 N–H and O–H groups in total. The average Bonchev–Trinajstić information content (AvgIpc) is 2.69. The van der Waals surface area contributed by atoms with Crippen LogP contribution in [0.15, 0.2) is 30.6 Å². The summed E-state index contributed by atoms with van der Waals surface area (Å²) in [6.45, 7) is -0.182. The molecule has 2 aromatic rings. The lowest BCUT2D eigenvalue weighted by molar-refractivity contribution is -0.137. The molecule has 17 heavy (non-hydrogen) atoms. The van der Waals surface area contributed by atoms with E-state index in [0.29, 0.717) is 10.0 Å². The second kappa shape index (κ2) is 4.77. The third kappa shape index (κ3) is 2.78. The molecular formula is C11H8Cl2N2O2. The van der Waals surface area contributed by atoms with Crippen molar-refractivity contribution in [3.63, 3.8) is 0 Å². The van der Waals surface area contributed by atoms with E-state index < -0.39 is 5.97 Å². The smallest absolute Gasteiger partial charge is 0.325 e. The highest BCUT2D eigenvalue weighted by atomic mass is 35.5. The summed E-state index contributed by atoms with van der Waals surface area (Å²) < 4.78 is 1.33. The number of carboxylic acids is 1. The summed E-state index contributed by atoms with van der Waals surface area (Å²) in [5.74, 6) is -0.947. The molecule has 0 aliphatic carbocycles. The monoisotopic (exact) mass is 270 g/mol. The minimum atomic E-state index is -0.947. The Morgan fingerprint density at radius 2 is 2.18 bits per heavy atom. The van der Waals surface area contributed by atoms with E-state index in [2.05, 4.69) is 5.10 Å². The summed E-state index contributed by atoms with van der Waals surface area (Å²) >= 11 is 11.9. The molecule has 0 fully saturated rings. The maximum Gasteiger partial charge on any atom is 0.325 e. The Morgan fingerprint density at radius 3 is 2.88 bits per heavy atom. The highest BCUT2D eigenvalue weighted by Crippen LogP contribution is 2.30. The molecule has 0 aliphatic rings. The van der Waals surface area contributed by atoms with Gasteiger partial charge in [0.2, 0.25) is 0 Å². The maximum absolute atomic E-state index is 10.5. The van der Waals surface area contributed by atoms with E-state index in [4.69, 9.17) is 28.3 Å². The largest absolute Gasteiger partial charge is 0.480 e. The predicted octanol–water partition coefficient (Wildman–Crippen LogP) is 2.94. The Morgan fingerprint density at radius 1 is 1.41 bits per heavy atom. The fraction of sp³-hybridized carbons (Fsp3) is 0.0909. The van der Waals surface area contributed by atoms with Gasteiger partial charge in [0.1, 0.15) is 6.54 Å². The van der Waals surface area contributed by atoms with Crippen LogP contribution in [0, 0.1) is 0 Å². The van der Waals surface area contributed by atoms with Gasteiger partial charge in [-0.25, -0.2) is 0 Å². The third-order valence-electron chi connectivity index (χ3n) is 2.17. The van der Waals surface area contributed by atoms with Gasteiger partial charge in [-0.1, -0.05) is 23.2 Å². The fourth-order valence-corrected chi connectivity index (χ4v) is 1.85. The van der Waals surface area contributed by atoms with Gasteiger partial charge in [-0.05, 0) is 18.2 Å². The number of aliphatic carboxylic acids is 1. The van der Waals surface area contributed by atoms with Crippen LogP contribution in [0.5, 0.6) is 0 Å². The lowest BCUT2D eigenvalue weighted by atomic mass is 10.1. The van der Waals surface area contributed by atoms with Gasteiger partial charge < -0.3 is 5.11 Å². The van der Waals surface area contributed by atoms with Gasteiger partial charge in [0.15, 0.2) is 0 Å². The van der Waals surface area contributed by atoms with Gasteiger partial charge in [0.05, 0.1) is 6.20 Å². The van der Waals surface area contributed by atoms with Crippen LogP contribution < -0.4 is 0 Å². The van der Waals surface area contributed by atoms with Crippen LogP contribution in [0.25, 0.3) is 11.1 Å². The molecule has 88 valence electrons. The molecule has 0 spiro atoms. The zero-order chi connectivity index (χ0) is 12.4. The van der Waals surface area contributed by atoms with Crippen molar-refractivity contribution in [2.75, 3.05) is 0 Å². The van der Waals surface area contributed by atoms with Crippen molar-refractivity contribution in [2.45, 2.75) is 6.54 Å². The van der Waals surface area contributed by atoms with Gasteiger partial charge in [-0.15, -0.1) is 0 Å². The Hall–Kier alpha value is -1.52. The summed E-state index contributed by atoms with van der Waals surface area (Å²) in [4.78, 5) is 10.5. The fourth-order valence-electron chi connectivity index (χ4n) is 1.45. The molecule has 0 atom stereocenters. The molecule has 0 radical (unpaired) electrons. The molecule has 0 saturated carbocycles. The van der Waals surface area contributed by atoms with E-state index in [9.17, 15) is 4.79 Å². The van der Waals surface area contributed by atoms with Crippen LogP contribution in [-0.2, 0) is 11.3 Å². The van der Waals surface area contributed by atoms with Crippen molar-refractivity contribution < 1.29 is 9.90 Å². The van der Waals surface area contributed by atoms with Gasteiger partial charge >= 0.3 is 5.97 Å². The van der Waals surface area contributed by atoms with E-state index >= 15 is 0 Å². The van der Waals surface area contributed by atoms with Gasteiger partial charge in [0, 0.05) is 27.4 Å². The second-order valence-corrected chi connectivity index (χ2v) is 4.29. The second-order valence-electron chi connectivity index (χ2n) is 3.44. The van der Waals surface area contributed by atoms with Crippen molar-refractivity contribution in [1.82, 2.24) is 9.78 Å². The molecule has 0 unspecified atom stereocenters. The highest BCUT2D eigenvalue weighted by molar-refractivity contribution is 6.35. The van der Waals surface area contributed by atoms with Crippen molar-refractivity contribution in [1.29, 1.82) is 0 Å². The Labute approximate surface area is 107 Å². The molecule has 1 heterocycles. The number of carbonyl (C=O) groups is 1. The van der Waals surface area contributed by atoms with E-state index in [1.54, 1.807) is 30.6 Å². The number of nitrogens with zero attached hydrogens (tertiary/aromatic N) is 2. The van der Waals surface area contributed by atoms with Crippen LogP contribution in [0.2, 0.25) is 10.0 Å². The molecule has 1 aromatic carbocycles. The molecule has 2 rings (SSSR count). The lowest BCUT2D eigenvalue weighted by Gasteiger charge is -2.01. The predicted molar refractivity (Wildman–Crippen MR) is 65.3 cm³/mol. The lowest BCUT2D eigenvalue weighted by Crippen LogP contribution is -2.08. The number of hydrogen-bond acceptors (Lipinski definition) is 2. The van der Waals surface area contributed by atoms with Crippen LogP contribution in [0.3, 0.4) is 0 Å². The van der Waals surface area contributed by atoms with E-state index in [0.717, 1.165) is 11.1 Å². The molecule has 6 heteroatoms. The first-order valence-electron chi connectivity index (χ1n) is 4.76. The Balaban J connectivity index is 2.36. The van der Waals surface area contributed by atoms with Gasteiger partial charge in [0.25, 0.3) is 0 Å². The summed E-state index contributed by atoms with van der Waals surface area (Å²) in [7, 11) is 0. The number of aromatic nitrogens is 2.